The van der Waals surface area contributed by atoms with Crippen molar-refractivity contribution in [2.24, 2.45) is 0 Å². The molecule has 1 aliphatic rings. The number of carbonyl (C=O) groups is 1. The van der Waals surface area contributed by atoms with Crippen LogP contribution >= 0.6 is 0 Å². The normalized spacial score (nSPS) is 18.3. The zero-order valence-corrected chi connectivity index (χ0v) is 15.2. The first-order valence-corrected chi connectivity index (χ1v) is 8.70. The topological polar surface area (TPSA) is 42.0 Å². The SMILES string of the molecule is COc1ccc2cc(CN(C)C(=O)CN3CCO[C@@H](C)C3)ccc2c1. The Balaban J connectivity index is 1.62. The van der Waals surface area contributed by atoms with Crippen molar-refractivity contribution in [2.45, 2.75) is 19.6 Å². The maximum atomic E-state index is 12.5. The van der Waals surface area contributed by atoms with Gasteiger partial charge in [0.05, 0.1) is 26.4 Å². The highest BCUT2D eigenvalue weighted by molar-refractivity contribution is 5.84. The highest BCUT2D eigenvalue weighted by Gasteiger charge is 2.20. The minimum atomic E-state index is 0.143. The number of amides is 1. The van der Waals surface area contributed by atoms with Crippen LogP contribution in [0.1, 0.15) is 12.5 Å². The molecule has 0 unspecified atom stereocenters. The predicted octanol–water partition coefficient (Wildman–Crippen LogP) is 2.53. The van der Waals surface area contributed by atoms with Crippen LogP contribution in [0.3, 0.4) is 0 Å². The fraction of sp³-hybridized carbons (Fsp3) is 0.450. The number of methoxy groups -OCH3 is 1. The molecule has 25 heavy (non-hydrogen) atoms. The van der Waals surface area contributed by atoms with Crippen molar-refractivity contribution < 1.29 is 14.3 Å². The fourth-order valence-corrected chi connectivity index (χ4v) is 3.21. The molecule has 1 atom stereocenters. The molecular weight excluding hydrogens is 316 g/mol. The second-order valence-electron chi connectivity index (χ2n) is 6.71. The standard InChI is InChI=1S/C20H26N2O3/c1-15-12-22(8-9-25-15)14-20(23)21(2)13-16-4-5-18-11-19(24-3)7-6-17(18)10-16/h4-7,10-11,15H,8-9,12-14H2,1-3H3/t15-/m0/s1. The number of morpholine rings is 1. The first-order chi connectivity index (χ1) is 12.0. The highest BCUT2D eigenvalue weighted by atomic mass is 16.5. The van der Waals surface area contributed by atoms with Gasteiger partial charge in [-0.1, -0.05) is 18.2 Å². The Kier molecular flexibility index (Phi) is 5.56. The Bertz CT molecular complexity index is 747. The van der Waals surface area contributed by atoms with Gasteiger partial charge in [-0.2, -0.15) is 0 Å². The number of benzene rings is 2. The molecule has 0 saturated carbocycles. The smallest absolute Gasteiger partial charge is 0.236 e. The number of rotatable bonds is 5. The minimum Gasteiger partial charge on any atom is -0.497 e. The van der Waals surface area contributed by atoms with Crippen LogP contribution in [0.2, 0.25) is 0 Å². The predicted molar refractivity (Wildman–Crippen MR) is 98.8 cm³/mol. The van der Waals surface area contributed by atoms with Crippen molar-refractivity contribution in [1.82, 2.24) is 9.80 Å². The van der Waals surface area contributed by atoms with Gasteiger partial charge in [-0.3, -0.25) is 9.69 Å². The van der Waals surface area contributed by atoms with Gasteiger partial charge in [0.25, 0.3) is 0 Å². The van der Waals surface area contributed by atoms with Gasteiger partial charge in [0.2, 0.25) is 5.91 Å². The quantitative estimate of drug-likeness (QED) is 0.837. The average molecular weight is 342 g/mol. The Morgan fingerprint density at radius 2 is 2.04 bits per heavy atom. The summed E-state index contributed by atoms with van der Waals surface area (Å²) in [6, 6.07) is 12.3. The van der Waals surface area contributed by atoms with E-state index in [0.29, 0.717) is 19.7 Å². The second-order valence-corrected chi connectivity index (χ2v) is 6.71. The average Bonchev–Trinajstić information content (AvgIpc) is 2.61. The molecule has 1 heterocycles. The molecule has 2 aromatic rings. The van der Waals surface area contributed by atoms with Crippen LogP contribution in [0.4, 0.5) is 0 Å². The van der Waals surface area contributed by atoms with Gasteiger partial charge in [0, 0.05) is 26.7 Å². The fourth-order valence-electron chi connectivity index (χ4n) is 3.21. The van der Waals surface area contributed by atoms with Crippen molar-refractivity contribution >= 4 is 16.7 Å². The number of hydrogen-bond donors (Lipinski definition) is 0. The Morgan fingerprint density at radius 1 is 1.28 bits per heavy atom. The van der Waals surface area contributed by atoms with Gasteiger partial charge < -0.3 is 14.4 Å². The summed E-state index contributed by atoms with van der Waals surface area (Å²) in [4.78, 5) is 16.5. The van der Waals surface area contributed by atoms with Crippen LogP contribution in [0.15, 0.2) is 36.4 Å². The Morgan fingerprint density at radius 3 is 2.80 bits per heavy atom. The van der Waals surface area contributed by atoms with E-state index in [2.05, 4.69) is 29.2 Å². The second kappa shape index (κ2) is 7.85. The zero-order chi connectivity index (χ0) is 17.8. The van der Waals surface area contributed by atoms with Gasteiger partial charge >= 0.3 is 0 Å². The molecule has 0 radical (unpaired) electrons. The summed E-state index contributed by atoms with van der Waals surface area (Å²) < 4.78 is 10.8. The van der Waals surface area contributed by atoms with Crippen LogP contribution in [-0.2, 0) is 16.1 Å². The van der Waals surface area contributed by atoms with Crippen molar-refractivity contribution in [2.75, 3.05) is 40.4 Å². The van der Waals surface area contributed by atoms with Gasteiger partial charge in [-0.05, 0) is 41.5 Å². The molecule has 2 aromatic carbocycles. The molecule has 0 bridgehead atoms. The van der Waals surface area contributed by atoms with E-state index in [1.54, 1.807) is 12.0 Å². The number of ether oxygens (including phenoxy) is 2. The van der Waals surface area contributed by atoms with Crippen molar-refractivity contribution in [3.8, 4) is 5.75 Å². The lowest BCUT2D eigenvalue weighted by Gasteiger charge is -2.31. The first kappa shape index (κ1) is 17.7. The number of carbonyl (C=O) groups excluding carboxylic acids is 1. The summed E-state index contributed by atoms with van der Waals surface area (Å²) in [5.41, 5.74) is 1.13. The molecule has 3 rings (SSSR count). The number of fused-ring (bicyclic) bond motifs is 1. The lowest BCUT2D eigenvalue weighted by atomic mass is 10.1. The van der Waals surface area contributed by atoms with Gasteiger partial charge in [0.1, 0.15) is 5.75 Å². The molecule has 0 aliphatic carbocycles. The third-order valence-corrected chi connectivity index (χ3v) is 4.64. The molecule has 1 aliphatic heterocycles. The van der Waals surface area contributed by atoms with Crippen LogP contribution in [0.25, 0.3) is 10.8 Å². The third kappa shape index (κ3) is 4.50. The van der Waals surface area contributed by atoms with Gasteiger partial charge in [-0.25, -0.2) is 0 Å². The molecule has 1 fully saturated rings. The zero-order valence-electron chi connectivity index (χ0n) is 15.2. The largest absolute Gasteiger partial charge is 0.497 e. The molecule has 5 heteroatoms. The third-order valence-electron chi connectivity index (χ3n) is 4.64. The summed E-state index contributed by atoms with van der Waals surface area (Å²) in [6.45, 7) is 5.45. The van der Waals surface area contributed by atoms with E-state index in [4.69, 9.17) is 9.47 Å². The van der Waals surface area contributed by atoms with Crippen molar-refractivity contribution in [3.63, 3.8) is 0 Å². The van der Waals surface area contributed by atoms with E-state index in [-0.39, 0.29) is 12.0 Å². The van der Waals surface area contributed by atoms with E-state index >= 15 is 0 Å². The van der Waals surface area contributed by atoms with E-state index in [1.807, 2.05) is 26.1 Å². The Hall–Kier alpha value is -2.11. The monoisotopic (exact) mass is 342 g/mol. The number of nitrogens with zero attached hydrogens (tertiary/aromatic N) is 2. The highest BCUT2D eigenvalue weighted by Crippen LogP contribution is 2.22. The molecule has 134 valence electrons. The van der Waals surface area contributed by atoms with Crippen molar-refractivity contribution in [3.05, 3.63) is 42.0 Å². The molecule has 1 saturated heterocycles. The molecule has 0 spiro atoms. The van der Waals surface area contributed by atoms with E-state index in [0.717, 1.165) is 35.2 Å². The summed E-state index contributed by atoms with van der Waals surface area (Å²) in [7, 11) is 3.54. The van der Waals surface area contributed by atoms with E-state index in [9.17, 15) is 4.79 Å². The molecule has 0 aromatic heterocycles. The molecule has 0 N–H and O–H groups in total. The summed E-state index contributed by atoms with van der Waals surface area (Å²) >= 11 is 0. The van der Waals surface area contributed by atoms with Crippen LogP contribution in [-0.4, -0.2) is 62.2 Å². The van der Waals surface area contributed by atoms with Crippen molar-refractivity contribution in [1.29, 1.82) is 0 Å². The van der Waals surface area contributed by atoms with Crippen LogP contribution < -0.4 is 4.74 Å². The number of likely N-dealkylation sites (N-methyl/N-ethyl adjacent to an activating group) is 1. The van der Waals surface area contributed by atoms with Gasteiger partial charge in [0.15, 0.2) is 0 Å². The van der Waals surface area contributed by atoms with Gasteiger partial charge in [-0.15, -0.1) is 0 Å². The van der Waals surface area contributed by atoms with E-state index < -0.39 is 0 Å². The summed E-state index contributed by atoms with van der Waals surface area (Å²) in [6.07, 6.45) is 0.198. The lowest BCUT2D eigenvalue weighted by molar-refractivity contribution is -0.133. The summed E-state index contributed by atoms with van der Waals surface area (Å²) in [5.74, 6) is 0.996. The summed E-state index contributed by atoms with van der Waals surface area (Å²) in [5, 5.41) is 2.29. The maximum absolute atomic E-state index is 12.5. The van der Waals surface area contributed by atoms with Crippen LogP contribution in [0, 0.1) is 0 Å². The Labute approximate surface area is 149 Å². The first-order valence-electron chi connectivity index (χ1n) is 8.70. The minimum absolute atomic E-state index is 0.143. The lowest BCUT2D eigenvalue weighted by Crippen LogP contribution is -2.46. The van der Waals surface area contributed by atoms with Crippen LogP contribution in [0.5, 0.6) is 5.75 Å². The number of hydrogen-bond acceptors (Lipinski definition) is 4. The molecular formula is C20H26N2O3. The van der Waals surface area contributed by atoms with E-state index in [1.165, 1.54) is 0 Å². The molecule has 1 amide bonds. The molecule has 5 nitrogen and oxygen atoms in total. The maximum Gasteiger partial charge on any atom is 0.236 e.